The van der Waals surface area contributed by atoms with Gasteiger partial charge in [0.2, 0.25) is 5.82 Å². The molecule has 1 aromatic heterocycles. The van der Waals surface area contributed by atoms with Crippen molar-refractivity contribution in [1.82, 2.24) is 25.5 Å². The van der Waals surface area contributed by atoms with E-state index in [1.54, 1.807) is 24.3 Å². The number of unbranched alkanes of at least 4 members (excludes halogenated alkanes) is 1. The van der Waals surface area contributed by atoms with Gasteiger partial charge in [0, 0.05) is 18.5 Å². The number of esters is 1. The van der Waals surface area contributed by atoms with Crippen LogP contribution in [0.4, 0.5) is 0 Å². The third-order valence-corrected chi connectivity index (χ3v) is 6.78. The van der Waals surface area contributed by atoms with Crippen LogP contribution >= 0.6 is 11.6 Å². The molecule has 0 spiro atoms. The number of benzene rings is 3. The van der Waals surface area contributed by atoms with E-state index in [-0.39, 0.29) is 6.61 Å². The van der Waals surface area contributed by atoms with Crippen LogP contribution in [0.15, 0.2) is 83.9 Å². The Morgan fingerprint density at radius 1 is 1.03 bits per heavy atom. The molecular formula is C29H29ClN6O2. The molecule has 0 bridgehead atoms. The lowest BCUT2D eigenvalue weighted by Crippen LogP contribution is -2.35. The van der Waals surface area contributed by atoms with Gasteiger partial charge in [-0.15, -0.1) is 10.2 Å². The molecule has 1 atom stereocenters. The van der Waals surface area contributed by atoms with Crippen LogP contribution < -0.4 is 0 Å². The average Bonchev–Trinajstić information content (AvgIpc) is 3.60. The first-order valence-corrected chi connectivity index (χ1v) is 13.1. The van der Waals surface area contributed by atoms with Crippen LogP contribution in [0.1, 0.15) is 42.1 Å². The van der Waals surface area contributed by atoms with Gasteiger partial charge < -0.3 is 9.64 Å². The van der Waals surface area contributed by atoms with E-state index < -0.39 is 11.0 Å². The summed E-state index contributed by atoms with van der Waals surface area (Å²) in [5.41, 5.74) is 4.65. The Hall–Kier alpha value is -4.04. The molecule has 0 aliphatic carbocycles. The highest BCUT2D eigenvalue weighted by molar-refractivity contribution is 6.25. The molecule has 9 heteroatoms. The normalized spacial score (nSPS) is 16.9. The Bertz CT molecular complexity index is 1390. The van der Waals surface area contributed by atoms with E-state index in [0.29, 0.717) is 24.5 Å². The maximum Gasteiger partial charge on any atom is 0.338 e. The number of ether oxygens (including phenoxy) is 1. The number of amidine groups is 1. The highest BCUT2D eigenvalue weighted by Gasteiger charge is 2.38. The van der Waals surface area contributed by atoms with Gasteiger partial charge in [0.05, 0.1) is 12.1 Å². The van der Waals surface area contributed by atoms with Crippen LogP contribution in [-0.2, 0) is 11.3 Å². The minimum atomic E-state index is -1.00. The fraction of sp³-hybridized carbons (Fsp3) is 0.276. The summed E-state index contributed by atoms with van der Waals surface area (Å²) in [7, 11) is 0. The number of rotatable bonds is 10. The van der Waals surface area contributed by atoms with Gasteiger partial charge in [0.15, 0.2) is 5.00 Å². The second kappa shape index (κ2) is 11.6. The van der Waals surface area contributed by atoms with Crippen molar-refractivity contribution < 1.29 is 9.53 Å². The lowest BCUT2D eigenvalue weighted by atomic mass is 9.98. The summed E-state index contributed by atoms with van der Waals surface area (Å²) in [6.07, 6.45) is 2.89. The van der Waals surface area contributed by atoms with Crippen LogP contribution in [0, 0.1) is 0 Å². The number of H-pyrrole nitrogens is 1. The number of alkyl halides is 1. The summed E-state index contributed by atoms with van der Waals surface area (Å²) >= 11 is 6.88. The highest BCUT2D eigenvalue weighted by atomic mass is 35.5. The zero-order valence-electron chi connectivity index (χ0n) is 21.2. The Labute approximate surface area is 226 Å². The first-order chi connectivity index (χ1) is 18.5. The number of nitrogens with one attached hydrogen (secondary N) is 1. The fourth-order valence-electron chi connectivity index (χ4n) is 4.54. The predicted molar refractivity (Wildman–Crippen MR) is 148 cm³/mol. The summed E-state index contributed by atoms with van der Waals surface area (Å²) in [6, 6.07) is 25.4. The highest BCUT2D eigenvalue weighted by Crippen LogP contribution is 2.32. The third-order valence-electron chi connectivity index (χ3n) is 6.47. The van der Waals surface area contributed by atoms with Crippen molar-refractivity contribution in [3.63, 3.8) is 0 Å². The van der Waals surface area contributed by atoms with Crippen LogP contribution in [0.25, 0.3) is 22.5 Å². The summed E-state index contributed by atoms with van der Waals surface area (Å²) in [5, 5.41) is 14.5. The molecule has 3 aromatic carbocycles. The first kappa shape index (κ1) is 25.6. The fourth-order valence-corrected chi connectivity index (χ4v) is 4.84. The van der Waals surface area contributed by atoms with Crippen LogP contribution in [0.3, 0.4) is 0 Å². The molecule has 194 valence electrons. The number of carbonyl (C=O) groups excluding carboxylic acids is 1. The smallest absolute Gasteiger partial charge is 0.338 e. The lowest BCUT2D eigenvalue weighted by molar-refractivity contribution is 0.0459. The molecule has 1 aliphatic rings. The van der Waals surface area contributed by atoms with Gasteiger partial charge in [0.1, 0.15) is 12.4 Å². The molecule has 0 amide bonds. The van der Waals surface area contributed by atoms with Crippen molar-refractivity contribution in [2.75, 3.05) is 13.2 Å². The largest absolute Gasteiger partial charge is 0.458 e. The number of nitrogens with zero attached hydrogens (tertiary/aromatic N) is 5. The zero-order chi connectivity index (χ0) is 26.4. The minimum Gasteiger partial charge on any atom is -0.458 e. The molecule has 1 N–H and O–H groups in total. The van der Waals surface area contributed by atoms with Gasteiger partial charge in [-0.1, -0.05) is 91.7 Å². The molecule has 2 heterocycles. The van der Waals surface area contributed by atoms with E-state index >= 15 is 0 Å². The third kappa shape index (κ3) is 5.92. The van der Waals surface area contributed by atoms with Crippen LogP contribution in [0.5, 0.6) is 0 Å². The number of hydrogen-bond donors (Lipinski definition) is 1. The number of aliphatic imine (C=N–C) groups is 1. The summed E-state index contributed by atoms with van der Waals surface area (Å²) in [5.74, 6) is 1.11. The second-order valence-electron chi connectivity index (χ2n) is 9.33. The van der Waals surface area contributed by atoms with Gasteiger partial charge in [-0.2, -0.15) is 5.21 Å². The van der Waals surface area contributed by atoms with E-state index in [9.17, 15) is 4.79 Å². The van der Waals surface area contributed by atoms with E-state index in [1.165, 1.54) is 0 Å². The summed E-state index contributed by atoms with van der Waals surface area (Å²) < 4.78 is 5.55. The molecule has 1 aliphatic heterocycles. The van der Waals surface area contributed by atoms with Gasteiger partial charge in [0.25, 0.3) is 0 Å². The van der Waals surface area contributed by atoms with E-state index in [1.807, 2.05) is 24.3 Å². The molecule has 5 rings (SSSR count). The molecule has 8 nitrogen and oxygen atoms in total. The number of aromatic amines is 1. The Balaban J connectivity index is 1.29. The van der Waals surface area contributed by atoms with Crippen LogP contribution in [-0.4, -0.2) is 55.5 Å². The molecule has 0 fully saturated rings. The van der Waals surface area contributed by atoms with Gasteiger partial charge >= 0.3 is 5.97 Å². The molecular weight excluding hydrogens is 500 g/mol. The van der Waals surface area contributed by atoms with Crippen molar-refractivity contribution in [3.8, 4) is 22.5 Å². The van der Waals surface area contributed by atoms with E-state index in [2.05, 4.69) is 62.8 Å². The van der Waals surface area contributed by atoms with Gasteiger partial charge in [-0.25, -0.2) is 9.79 Å². The second-order valence-corrected chi connectivity index (χ2v) is 10.0. The van der Waals surface area contributed by atoms with Crippen molar-refractivity contribution in [2.45, 2.75) is 37.7 Å². The SMILES string of the molecule is CCCCC1=NC(Cl)(COC(=O)c2ccccc2)CN1Cc1ccc(-c2ccccc2-c2nn[nH]n2)cc1. The standard InChI is InChI=1S/C29H29ClN6O2/c1-2-3-13-26-31-29(30,20-38-28(37)23-9-5-4-6-10-23)19-36(26)18-21-14-16-22(17-15-21)24-11-7-8-12-25(24)27-32-34-35-33-27/h4-12,14-17H,2-3,13,18-20H2,1H3,(H,32,33,34,35). The topological polar surface area (TPSA) is 96.4 Å². The number of carbonyl (C=O) groups is 1. The van der Waals surface area contributed by atoms with Gasteiger partial charge in [-0.05, 0) is 40.5 Å². The Kier molecular flexibility index (Phi) is 7.79. The molecule has 4 aromatic rings. The van der Waals surface area contributed by atoms with Crippen molar-refractivity contribution in [1.29, 1.82) is 0 Å². The number of tetrazole rings is 1. The quantitative estimate of drug-likeness (QED) is 0.160. The maximum absolute atomic E-state index is 12.5. The summed E-state index contributed by atoms with van der Waals surface area (Å²) in [4.78, 5) is 18.5. The molecule has 0 saturated carbocycles. The molecule has 1 unspecified atom stereocenters. The Morgan fingerprint density at radius 3 is 2.47 bits per heavy atom. The zero-order valence-corrected chi connectivity index (χ0v) is 21.9. The first-order valence-electron chi connectivity index (χ1n) is 12.7. The lowest BCUT2D eigenvalue weighted by Gasteiger charge is -2.24. The number of aromatic nitrogens is 4. The number of hydrogen-bond acceptors (Lipinski definition) is 7. The monoisotopic (exact) mass is 528 g/mol. The minimum absolute atomic E-state index is 0.0141. The van der Waals surface area contributed by atoms with Crippen molar-refractivity contribution >= 4 is 23.4 Å². The van der Waals surface area contributed by atoms with Crippen LogP contribution in [0.2, 0.25) is 0 Å². The molecule has 0 saturated heterocycles. The predicted octanol–water partition coefficient (Wildman–Crippen LogP) is 5.73. The van der Waals surface area contributed by atoms with Gasteiger partial charge in [-0.3, -0.25) is 0 Å². The maximum atomic E-state index is 12.5. The van der Waals surface area contributed by atoms with E-state index in [4.69, 9.17) is 21.3 Å². The van der Waals surface area contributed by atoms with E-state index in [0.717, 1.165) is 47.4 Å². The average molecular weight is 529 g/mol. The summed E-state index contributed by atoms with van der Waals surface area (Å²) in [6.45, 7) is 3.30. The molecule has 38 heavy (non-hydrogen) atoms. The number of halogens is 1. The Morgan fingerprint density at radius 2 is 1.76 bits per heavy atom. The van der Waals surface area contributed by atoms with Crippen molar-refractivity contribution in [2.24, 2.45) is 4.99 Å². The molecule has 0 radical (unpaired) electrons. The van der Waals surface area contributed by atoms with Crippen molar-refractivity contribution in [3.05, 3.63) is 90.0 Å².